The topological polar surface area (TPSA) is 43.8 Å². The van der Waals surface area contributed by atoms with Crippen molar-refractivity contribution in [1.82, 2.24) is 9.55 Å². The standard InChI is InChI=1S/C12H16ClN3/c1-8(2)12-15-11-9(13)4-3-5-10(11)16(12)7-6-14/h3-5,8H,6-7,14H2,1-2H3. The summed E-state index contributed by atoms with van der Waals surface area (Å²) in [6, 6.07) is 5.85. The summed E-state index contributed by atoms with van der Waals surface area (Å²) in [6.45, 7) is 5.65. The van der Waals surface area contributed by atoms with E-state index in [1.54, 1.807) is 0 Å². The summed E-state index contributed by atoms with van der Waals surface area (Å²) in [7, 11) is 0. The van der Waals surface area contributed by atoms with Crippen molar-refractivity contribution in [2.75, 3.05) is 6.54 Å². The molecule has 0 aliphatic heterocycles. The lowest BCUT2D eigenvalue weighted by molar-refractivity contribution is 0.642. The molecule has 0 spiro atoms. The second-order valence-electron chi connectivity index (χ2n) is 4.17. The lowest BCUT2D eigenvalue weighted by atomic mass is 10.2. The smallest absolute Gasteiger partial charge is 0.112 e. The van der Waals surface area contributed by atoms with E-state index in [1.807, 2.05) is 18.2 Å². The van der Waals surface area contributed by atoms with Crippen molar-refractivity contribution < 1.29 is 0 Å². The second-order valence-corrected chi connectivity index (χ2v) is 4.58. The first-order valence-electron chi connectivity index (χ1n) is 5.50. The lowest BCUT2D eigenvalue weighted by Crippen LogP contribution is -2.13. The van der Waals surface area contributed by atoms with Gasteiger partial charge in [-0.1, -0.05) is 31.5 Å². The summed E-state index contributed by atoms with van der Waals surface area (Å²) in [4.78, 5) is 4.61. The van der Waals surface area contributed by atoms with Crippen molar-refractivity contribution >= 4 is 22.6 Å². The Balaban J connectivity index is 2.70. The van der Waals surface area contributed by atoms with E-state index in [1.165, 1.54) is 0 Å². The summed E-state index contributed by atoms with van der Waals surface area (Å²) in [6.07, 6.45) is 0. The van der Waals surface area contributed by atoms with Crippen LogP contribution in [0.4, 0.5) is 0 Å². The molecule has 1 aromatic carbocycles. The largest absolute Gasteiger partial charge is 0.329 e. The lowest BCUT2D eigenvalue weighted by Gasteiger charge is -2.09. The van der Waals surface area contributed by atoms with Gasteiger partial charge in [0.1, 0.15) is 11.3 Å². The zero-order chi connectivity index (χ0) is 11.7. The molecule has 0 unspecified atom stereocenters. The summed E-state index contributed by atoms with van der Waals surface area (Å²) >= 11 is 6.14. The van der Waals surface area contributed by atoms with Crippen LogP contribution in [0.3, 0.4) is 0 Å². The number of halogens is 1. The number of nitrogens with zero attached hydrogens (tertiary/aromatic N) is 2. The molecule has 0 aliphatic carbocycles. The van der Waals surface area contributed by atoms with E-state index >= 15 is 0 Å². The highest BCUT2D eigenvalue weighted by molar-refractivity contribution is 6.34. The maximum Gasteiger partial charge on any atom is 0.112 e. The Hall–Kier alpha value is -1.06. The van der Waals surface area contributed by atoms with Gasteiger partial charge in [0.2, 0.25) is 0 Å². The molecule has 1 heterocycles. The van der Waals surface area contributed by atoms with E-state index < -0.39 is 0 Å². The quantitative estimate of drug-likeness (QED) is 0.892. The number of imidazole rings is 1. The van der Waals surface area contributed by atoms with Crippen molar-refractivity contribution in [3.05, 3.63) is 29.0 Å². The Kier molecular flexibility index (Phi) is 3.17. The van der Waals surface area contributed by atoms with Crippen LogP contribution in [0.2, 0.25) is 5.02 Å². The van der Waals surface area contributed by atoms with Gasteiger partial charge in [-0.15, -0.1) is 0 Å². The molecule has 0 aliphatic rings. The molecule has 2 rings (SSSR count). The van der Waals surface area contributed by atoms with E-state index in [0.717, 1.165) is 23.4 Å². The normalized spacial score (nSPS) is 11.6. The summed E-state index contributed by atoms with van der Waals surface area (Å²) in [5.41, 5.74) is 7.58. The number of aromatic nitrogens is 2. The van der Waals surface area contributed by atoms with E-state index in [-0.39, 0.29) is 0 Å². The van der Waals surface area contributed by atoms with E-state index in [9.17, 15) is 0 Å². The number of hydrogen-bond acceptors (Lipinski definition) is 2. The Bertz CT molecular complexity index is 502. The molecule has 0 radical (unpaired) electrons. The molecule has 4 heteroatoms. The minimum Gasteiger partial charge on any atom is -0.329 e. The minimum atomic E-state index is 0.370. The van der Waals surface area contributed by atoms with E-state index in [0.29, 0.717) is 17.5 Å². The Morgan fingerprint density at radius 3 is 2.81 bits per heavy atom. The third-order valence-corrected chi connectivity index (χ3v) is 2.93. The molecular weight excluding hydrogens is 222 g/mol. The SMILES string of the molecule is CC(C)c1nc2c(Cl)cccc2n1CCN. The molecule has 2 aromatic rings. The first-order chi connectivity index (χ1) is 7.65. The van der Waals surface area contributed by atoms with Crippen LogP contribution in [0, 0.1) is 0 Å². The number of para-hydroxylation sites is 1. The zero-order valence-corrected chi connectivity index (χ0v) is 10.3. The fourth-order valence-corrected chi connectivity index (χ4v) is 2.15. The van der Waals surface area contributed by atoms with Crippen LogP contribution < -0.4 is 5.73 Å². The third kappa shape index (κ3) is 1.81. The van der Waals surface area contributed by atoms with Crippen LogP contribution in [-0.2, 0) is 6.54 Å². The van der Waals surface area contributed by atoms with Crippen LogP contribution >= 0.6 is 11.6 Å². The number of hydrogen-bond donors (Lipinski definition) is 1. The molecule has 16 heavy (non-hydrogen) atoms. The summed E-state index contributed by atoms with van der Waals surface area (Å²) < 4.78 is 2.16. The fourth-order valence-electron chi connectivity index (χ4n) is 1.94. The third-order valence-electron chi connectivity index (χ3n) is 2.63. The Morgan fingerprint density at radius 2 is 2.19 bits per heavy atom. The second kappa shape index (κ2) is 4.44. The highest BCUT2D eigenvalue weighted by Gasteiger charge is 2.14. The van der Waals surface area contributed by atoms with Crippen LogP contribution in [0.15, 0.2) is 18.2 Å². The van der Waals surface area contributed by atoms with Gasteiger partial charge in [0, 0.05) is 19.0 Å². The van der Waals surface area contributed by atoms with Gasteiger partial charge >= 0.3 is 0 Å². The summed E-state index contributed by atoms with van der Waals surface area (Å²) in [5, 5.41) is 0.704. The average molecular weight is 238 g/mol. The van der Waals surface area contributed by atoms with Gasteiger partial charge < -0.3 is 10.3 Å². The van der Waals surface area contributed by atoms with Crippen LogP contribution in [0.1, 0.15) is 25.6 Å². The molecule has 0 amide bonds. The minimum absolute atomic E-state index is 0.370. The molecule has 0 fully saturated rings. The highest BCUT2D eigenvalue weighted by Crippen LogP contribution is 2.26. The molecule has 2 N–H and O–H groups in total. The van der Waals surface area contributed by atoms with Gasteiger partial charge in [0.15, 0.2) is 0 Å². The molecule has 0 saturated heterocycles. The maximum atomic E-state index is 6.14. The highest BCUT2D eigenvalue weighted by atomic mass is 35.5. The average Bonchev–Trinajstić information content (AvgIpc) is 2.60. The van der Waals surface area contributed by atoms with Crippen molar-refractivity contribution in [3.63, 3.8) is 0 Å². The van der Waals surface area contributed by atoms with Crippen molar-refractivity contribution in [3.8, 4) is 0 Å². The van der Waals surface area contributed by atoms with Gasteiger partial charge in [0.25, 0.3) is 0 Å². The molecule has 3 nitrogen and oxygen atoms in total. The van der Waals surface area contributed by atoms with Gasteiger partial charge in [-0.3, -0.25) is 0 Å². The number of nitrogens with two attached hydrogens (primary N) is 1. The molecule has 86 valence electrons. The first-order valence-corrected chi connectivity index (χ1v) is 5.87. The van der Waals surface area contributed by atoms with E-state index in [4.69, 9.17) is 17.3 Å². The number of fused-ring (bicyclic) bond motifs is 1. The zero-order valence-electron chi connectivity index (χ0n) is 9.57. The first kappa shape index (κ1) is 11.4. The fraction of sp³-hybridized carbons (Fsp3) is 0.417. The number of benzene rings is 1. The van der Waals surface area contributed by atoms with Gasteiger partial charge in [0.05, 0.1) is 10.5 Å². The molecular formula is C12H16ClN3. The van der Waals surface area contributed by atoms with Gasteiger partial charge in [-0.2, -0.15) is 0 Å². The Morgan fingerprint density at radius 1 is 1.44 bits per heavy atom. The number of rotatable bonds is 3. The van der Waals surface area contributed by atoms with Crippen molar-refractivity contribution in [2.45, 2.75) is 26.3 Å². The predicted octanol–water partition coefficient (Wildman–Crippen LogP) is 2.77. The van der Waals surface area contributed by atoms with Crippen LogP contribution in [0.5, 0.6) is 0 Å². The van der Waals surface area contributed by atoms with Crippen molar-refractivity contribution in [2.24, 2.45) is 5.73 Å². The molecule has 0 bridgehead atoms. The van der Waals surface area contributed by atoms with Crippen LogP contribution in [0.25, 0.3) is 11.0 Å². The van der Waals surface area contributed by atoms with Gasteiger partial charge in [-0.25, -0.2) is 4.98 Å². The summed E-state index contributed by atoms with van der Waals surface area (Å²) in [5.74, 6) is 1.42. The maximum absolute atomic E-state index is 6.14. The predicted molar refractivity (Wildman–Crippen MR) is 67.9 cm³/mol. The Labute approximate surface area is 100 Å². The molecule has 1 aromatic heterocycles. The van der Waals surface area contributed by atoms with Crippen molar-refractivity contribution in [1.29, 1.82) is 0 Å². The molecule has 0 atom stereocenters. The van der Waals surface area contributed by atoms with Gasteiger partial charge in [-0.05, 0) is 12.1 Å². The monoisotopic (exact) mass is 237 g/mol. The van der Waals surface area contributed by atoms with E-state index in [2.05, 4.69) is 23.4 Å². The van der Waals surface area contributed by atoms with Crippen LogP contribution in [-0.4, -0.2) is 16.1 Å². The molecule has 0 saturated carbocycles.